The van der Waals surface area contributed by atoms with Gasteiger partial charge in [-0.2, -0.15) is 0 Å². The molecule has 3 heteroatoms. The lowest BCUT2D eigenvalue weighted by molar-refractivity contribution is -0.0422. The molecule has 0 aromatic heterocycles. The topological polar surface area (TPSA) is 30.5 Å². The maximum Gasteiger partial charge on any atom is 0.0784 e. The highest BCUT2D eigenvalue weighted by molar-refractivity contribution is 4.58. The lowest BCUT2D eigenvalue weighted by atomic mass is 10.2. The summed E-state index contributed by atoms with van der Waals surface area (Å²) in [5, 5.41) is 3.45. The largest absolute Gasteiger partial charge is 0.379 e. The Bertz CT molecular complexity index is 162. The zero-order valence-electron chi connectivity index (χ0n) is 12.3. The molecule has 2 atom stereocenters. The molecule has 3 nitrogen and oxygen atoms in total. The molecule has 0 heterocycles. The first-order valence-electron chi connectivity index (χ1n) is 7.00. The first kappa shape index (κ1) is 16.9. The molecule has 0 aliphatic heterocycles. The van der Waals surface area contributed by atoms with E-state index in [9.17, 15) is 0 Å². The molecule has 104 valence electrons. The average Bonchev–Trinajstić information content (AvgIpc) is 2.25. The Hall–Kier alpha value is -0.120. The van der Waals surface area contributed by atoms with E-state index in [0.717, 1.165) is 32.0 Å². The minimum Gasteiger partial charge on any atom is -0.379 e. The summed E-state index contributed by atoms with van der Waals surface area (Å²) >= 11 is 0. The third-order valence-electron chi connectivity index (χ3n) is 2.54. The van der Waals surface area contributed by atoms with E-state index in [4.69, 9.17) is 9.47 Å². The van der Waals surface area contributed by atoms with Crippen LogP contribution in [0.25, 0.3) is 0 Å². The van der Waals surface area contributed by atoms with Crippen molar-refractivity contribution < 1.29 is 9.47 Å². The van der Waals surface area contributed by atoms with Gasteiger partial charge in [-0.05, 0) is 52.6 Å². The third-order valence-corrected chi connectivity index (χ3v) is 2.54. The van der Waals surface area contributed by atoms with Crippen molar-refractivity contribution in [3.8, 4) is 0 Å². The third kappa shape index (κ3) is 12.1. The maximum absolute atomic E-state index is 5.83. The van der Waals surface area contributed by atoms with Gasteiger partial charge in [0.25, 0.3) is 0 Å². The van der Waals surface area contributed by atoms with Crippen molar-refractivity contribution in [2.45, 2.75) is 59.7 Å². The van der Waals surface area contributed by atoms with E-state index in [1.54, 1.807) is 0 Å². The van der Waals surface area contributed by atoms with E-state index in [1.165, 1.54) is 6.42 Å². The normalized spacial score (nSPS) is 15.2. The molecule has 0 aliphatic carbocycles. The number of rotatable bonds is 11. The van der Waals surface area contributed by atoms with Crippen molar-refractivity contribution in [3.05, 3.63) is 0 Å². The fraction of sp³-hybridized carbons (Fsp3) is 1.00. The van der Waals surface area contributed by atoms with Gasteiger partial charge in [-0.1, -0.05) is 13.8 Å². The van der Waals surface area contributed by atoms with Crippen LogP contribution in [-0.2, 0) is 9.47 Å². The Kier molecular flexibility index (Phi) is 10.9. The lowest BCUT2D eigenvalue weighted by Crippen LogP contribution is -2.24. The van der Waals surface area contributed by atoms with Crippen molar-refractivity contribution in [3.63, 3.8) is 0 Å². The van der Waals surface area contributed by atoms with Crippen LogP contribution in [0.5, 0.6) is 0 Å². The number of nitrogens with one attached hydrogen (secondary N) is 1. The van der Waals surface area contributed by atoms with Gasteiger partial charge in [0, 0.05) is 6.61 Å². The van der Waals surface area contributed by atoms with Crippen LogP contribution < -0.4 is 5.32 Å². The van der Waals surface area contributed by atoms with Gasteiger partial charge in [-0.15, -0.1) is 0 Å². The standard InChI is InChI=1S/C14H31NO2/c1-6-16-11-14(5)17-13(4)8-7-9-15-10-12(2)3/h12-15H,6-11H2,1-5H3. The van der Waals surface area contributed by atoms with Gasteiger partial charge in [-0.3, -0.25) is 0 Å². The SMILES string of the molecule is CCOCC(C)OC(C)CCCNCC(C)C. The van der Waals surface area contributed by atoms with Crippen LogP contribution in [0.1, 0.15) is 47.5 Å². The second kappa shape index (κ2) is 11.0. The quantitative estimate of drug-likeness (QED) is 0.568. The van der Waals surface area contributed by atoms with Crippen LogP contribution in [0.4, 0.5) is 0 Å². The highest BCUT2D eigenvalue weighted by Crippen LogP contribution is 2.05. The Morgan fingerprint density at radius 3 is 2.35 bits per heavy atom. The average molecular weight is 245 g/mol. The Balaban J connectivity index is 3.36. The molecule has 1 N–H and O–H groups in total. The molecule has 0 spiro atoms. The summed E-state index contributed by atoms with van der Waals surface area (Å²) in [6, 6.07) is 0. The van der Waals surface area contributed by atoms with E-state index in [1.807, 2.05) is 6.92 Å². The monoisotopic (exact) mass is 245 g/mol. The van der Waals surface area contributed by atoms with Gasteiger partial charge in [-0.25, -0.2) is 0 Å². The molecule has 2 unspecified atom stereocenters. The van der Waals surface area contributed by atoms with Gasteiger partial charge in [0.05, 0.1) is 18.8 Å². The van der Waals surface area contributed by atoms with Crippen molar-refractivity contribution in [1.29, 1.82) is 0 Å². The highest BCUT2D eigenvalue weighted by atomic mass is 16.5. The van der Waals surface area contributed by atoms with E-state index >= 15 is 0 Å². The summed E-state index contributed by atoms with van der Waals surface area (Å²) in [6.45, 7) is 14.3. The smallest absolute Gasteiger partial charge is 0.0784 e. The van der Waals surface area contributed by atoms with Crippen LogP contribution in [0.15, 0.2) is 0 Å². The fourth-order valence-electron chi connectivity index (χ4n) is 1.69. The summed E-state index contributed by atoms with van der Waals surface area (Å²) in [5.41, 5.74) is 0. The summed E-state index contributed by atoms with van der Waals surface area (Å²) in [6.07, 6.45) is 2.82. The van der Waals surface area contributed by atoms with Gasteiger partial charge in [0.1, 0.15) is 0 Å². The Labute approximate surface area is 107 Å². The van der Waals surface area contributed by atoms with E-state index < -0.39 is 0 Å². The molecule has 0 aromatic carbocycles. The highest BCUT2D eigenvalue weighted by Gasteiger charge is 2.08. The second-order valence-corrected chi connectivity index (χ2v) is 5.16. The number of hydrogen-bond acceptors (Lipinski definition) is 3. The van der Waals surface area contributed by atoms with Gasteiger partial charge in [0.2, 0.25) is 0 Å². The molecule has 0 rings (SSSR count). The Morgan fingerprint density at radius 2 is 1.76 bits per heavy atom. The van der Waals surface area contributed by atoms with Gasteiger partial charge in [0.15, 0.2) is 0 Å². The van der Waals surface area contributed by atoms with Crippen molar-refractivity contribution in [1.82, 2.24) is 5.32 Å². The molecular weight excluding hydrogens is 214 g/mol. The zero-order valence-corrected chi connectivity index (χ0v) is 12.3. The minimum absolute atomic E-state index is 0.202. The van der Waals surface area contributed by atoms with E-state index in [0.29, 0.717) is 12.7 Å². The summed E-state index contributed by atoms with van der Waals surface area (Å²) < 4.78 is 11.2. The predicted octanol–water partition coefficient (Wildman–Crippen LogP) is 2.84. The van der Waals surface area contributed by atoms with E-state index in [2.05, 4.69) is 33.0 Å². The van der Waals surface area contributed by atoms with Crippen molar-refractivity contribution >= 4 is 0 Å². The van der Waals surface area contributed by atoms with Crippen molar-refractivity contribution in [2.24, 2.45) is 5.92 Å². The number of ether oxygens (including phenoxy) is 2. The Morgan fingerprint density at radius 1 is 1.06 bits per heavy atom. The fourth-order valence-corrected chi connectivity index (χ4v) is 1.69. The predicted molar refractivity (Wildman–Crippen MR) is 73.4 cm³/mol. The molecule has 0 radical (unpaired) electrons. The molecule has 0 aliphatic rings. The molecule has 0 aromatic rings. The molecule has 0 bridgehead atoms. The van der Waals surface area contributed by atoms with Crippen LogP contribution in [0.3, 0.4) is 0 Å². The summed E-state index contributed by atoms with van der Waals surface area (Å²) in [7, 11) is 0. The van der Waals surface area contributed by atoms with Crippen LogP contribution in [0, 0.1) is 5.92 Å². The molecule has 0 saturated carbocycles. The van der Waals surface area contributed by atoms with Crippen LogP contribution >= 0.6 is 0 Å². The zero-order chi connectivity index (χ0) is 13.1. The molecule has 0 amide bonds. The first-order valence-corrected chi connectivity index (χ1v) is 7.00. The number of hydrogen-bond donors (Lipinski definition) is 1. The van der Waals surface area contributed by atoms with Crippen LogP contribution in [-0.4, -0.2) is 38.5 Å². The second-order valence-electron chi connectivity index (χ2n) is 5.16. The summed E-state index contributed by atoms with van der Waals surface area (Å²) in [5.74, 6) is 0.731. The molecule has 17 heavy (non-hydrogen) atoms. The van der Waals surface area contributed by atoms with E-state index in [-0.39, 0.29) is 6.10 Å². The van der Waals surface area contributed by atoms with Crippen molar-refractivity contribution in [2.75, 3.05) is 26.3 Å². The minimum atomic E-state index is 0.202. The molecular formula is C14H31NO2. The summed E-state index contributed by atoms with van der Waals surface area (Å²) in [4.78, 5) is 0. The molecule has 0 saturated heterocycles. The molecule has 0 fully saturated rings. The van der Waals surface area contributed by atoms with Crippen LogP contribution in [0.2, 0.25) is 0 Å². The van der Waals surface area contributed by atoms with Gasteiger partial charge >= 0.3 is 0 Å². The lowest BCUT2D eigenvalue weighted by Gasteiger charge is -2.19. The van der Waals surface area contributed by atoms with Gasteiger partial charge < -0.3 is 14.8 Å². The first-order chi connectivity index (χ1) is 8.06. The maximum atomic E-state index is 5.83.